The first kappa shape index (κ1) is 19.8. The Bertz CT molecular complexity index is 1360. The predicted octanol–water partition coefficient (Wildman–Crippen LogP) is 0.275. The second kappa shape index (κ2) is 7.84. The van der Waals surface area contributed by atoms with Gasteiger partial charge in [0.05, 0.1) is 53.5 Å². The normalized spacial score (nSPS) is 14.7. The van der Waals surface area contributed by atoms with Gasteiger partial charge in [0, 0.05) is 11.3 Å². The number of morpholine rings is 1. The monoisotopic (exact) mass is 452 g/mol. The molecule has 0 aliphatic carbocycles. The van der Waals surface area contributed by atoms with Gasteiger partial charge in [0.25, 0.3) is 6.20 Å². The zero-order valence-corrected chi connectivity index (χ0v) is 17.3. The van der Waals surface area contributed by atoms with Crippen LogP contribution in [0.3, 0.4) is 0 Å². The SMILES string of the molecule is N#Cc1c(N)nc2sc(/C([O-])=N/c3c[n+](N4CCOCC4)no3)c(N)c2c1-c1ccco1. The molecule has 1 aliphatic rings. The number of anilines is 2. The summed E-state index contributed by atoms with van der Waals surface area (Å²) in [6.45, 7) is 2.42. The van der Waals surface area contributed by atoms with Crippen LogP contribution in [0.5, 0.6) is 0 Å². The average molecular weight is 452 g/mol. The van der Waals surface area contributed by atoms with E-state index in [2.05, 4.69) is 15.2 Å². The van der Waals surface area contributed by atoms with E-state index in [1.165, 1.54) is 17.3 Å². The van der Waals surface area contributed by atoms with Crippen molar-refractivity contribution < 1.29 is 23.6 Å². The number of furan rings is 1. The highest BCUT2D eigenvalue weighted by Gasteiger charge is 2.25. The Kier molecular flexibility index (Phi) is 4.85. The molecular weight excluding hydrogens is 436 g/mol. The van der Waals surface area contributed by atoms with Crippen LogP contribution in [0, 0.1) is 11.3 Å². The van der Waals surface area contributed by atoms with Gasteiger partial charge in [-0.25, -0.2) is 9.98 Å². The number of aliphatic imine (C=N–C) groups is 1. The fourth-order valence-electron chi connectivity index (χ4n) is 3.43. The van der Waals surface area contributed by atoms with Gasteiger partial charge in [0.1, 0.15) is 28.0 Å². The lowest BCUT2D eigenvalue weighted by Gasteiger charge is -2.18. The van der Waals surface area contributed by atoms with Crippen LogP contribution in [0.2, 0.25) is 0 Å². The van der Waals surface area contributed by atoms with E-state index in [-0.39, 0.29) is 27.8 Å². The Morgan fingerprint density at radius 3 is 2.88 bits per heavy atom. The average Bonchev–Trinajstić information content (AvgIpc) is 3.54. The number of hydrogen-bond acceptors (Lipinski definition) is 12. The van der Waals surface area contributed by atoms with Crippen molar-refractivity contribution in [2.24, 2.45) is 4.99 Å². The number of rotatable bonds is 4. The molecule has 12 nitrogen and oxygen atoms in total. The van der Waals surface area contributed by atoms with E-state index < -0.39 is 5.90 Å². The van der Waals surface area contributed by atoms with E-state index >= 15 is 0 Å². The molecule has 0 saturated carbocycles. The van der Waals surface area contributed by atoms with Crippen LogP contribution in [0.15, 0.2) is 38.5 Å². The summed E-state index contributed by atoms with van der Waals surface area (Å²) in [5, 5.41) is 28.7. The molecule has 0 atom stereocenters. The van der Waals surface area contributed by atoms with Crippen LogP contribution in [-0.4, -0.2) is 42.5 Å². The van der Waals surface area contributed by atoms with Crippen LogP contribution in [0.25, 0.3) is 21.5 Å². The molecule has 0 radical (unpaired) electrons. The zero-order chi connectivity index (χ0) is 22.2. The maximum Gasteiger partial charge on any atom is 0.324 e. The van der Waals surface area contributed by atoms with Crippen LogP contribution in [0.4, 0.5) is 17.4 Å². The van der Waals surface area contributed by atoms with Gasteiger partial charge >= 0.3 is 5.88 Å². The second-order valence-electron chi connectivity index (χ2n) is 6.80. The quantitative estimate of drug-likeness (QED) is 0.248. The number of nitrogens with two attached hydrogens (primary N) is 2. The largest absolute Gasteiger partial charge is 0.857 e. The predicted molar refractivity (Wildman–Crippen MR) is 113 cm³/mol. The molecule has 4 aromatic rings. The van der Waals surface area contributed by atoms with Crippen LogP contribution in [-0.2, 0) is 4.74 Å². The molecule has 1 fully saturated rings. The molecule has 32 heavy (non-hydrogen) atoms. The van der Waals surface area contributed by atoms with E-state index in [0.717, 1.165) is 11.3 Å². The lowest BCUT2D eigenvalue weighted by Crippen LogP contribution is -2.62. The minimum atomic E-state index is -0.627. The van der Waals surface area contributed by atoms with Gasteiger partial charge in [-0.3, -0.25) is 4.52 Å². The number of fused-ring (bicyclic) bond motifs is 1. The minimum Gasteiger partial charge on any atom is -0.857 e. The second-order valence-corrected chi connectivity index (χ2v) is 7.80. The summed E-state index contributed by atoms with van der Waals surface area (Å²) < 4.78 is 16.0. The number of ether oxygens (including phenoxy) is 1. The number of hydrogen-bond donors (Lipinski definition) is 2. The van der Waals surface area contributed by atoms with Crippen molar-refractivity contribution in [1.82, 2.24) is 10.3 Å². The van der Waals surface area contributed by atoms with Gasteiger partial charge in [0.2, 0.25) is 5.27 Å². The number of nitrogen functional groups attached to an aromatic ring is 2. The molecule has 4 aromatic heterocycles. The molecule has 0 amide bonds. The first-order chi connectivity index (χ1) is 15.6. The summed E-state index contributed by atoms with van der Waals surface area (Å²) in [5.41, 5.74) is 12.9. The smallest absolute Gasteiger partial charge is 0.324 e. The Hall–Kier alpha value is -4.15. The van der Waals surface area contributed by atoms with Crippen molar-refractivity contribution >= 4 is 44.8 Å². The molecule has 162 valence electrons. The standard InChI is InChI=1S/C19H16N8O4S/c20-8-10-13(11-2-1-5-30-11)14-15(21)16(32-19(14)24-17(10)22)18(28)23-12-9-27(25-31-12)26-3-6-29-7-4-26/h1-2,5,9H,3-4,6-7H2,(H4-,21,22,23,24,25,28). The molecule has 0 bridgehead atoms. The summed E-state index contributed by atoms with van der Waals surface area (Å²) >= 11 is 1.02. The fourth-order valence-corrected chi connectivity index (χ4v) is 4.43. The van der Waals surface area contributed by atoms with Gasteiger partial charge < -0.3 is 25.7 Å². The number of nitriles is 1. The molecule has 1 saturated heterocycles. The molecular formula is C19H16N8O4S. The van der Waals surface area contributed by atoms with E-state index in [0.29, 0.717) is 47.8 Å². The van der Waals surface area contributed by atoms with Crippen molar-refractivity contribution in [3.05, 3.63) is 35.0 Å². The summed E-state index contributed by atoms with van der Waals surface area (Å²) in [6, 6.07) is 5.39. The Morgan fingerprint density at radius 1 is 1.34 bits per heavy atom. The van der Waals surface area contributed by atoms with E-state index in [9.17, 15) is 10.4 Å². The van der Waals surface area contributed by atoms with E-state index in [4.69, 9.17) is 25.1 Å². The highest BCUT2D eigenvalue weighted by Crippen LogP contribution is 2.42. The zero-order valence-electron chi connectivity index (χ0n) is 16.5. The maximum atomic E-state index is 12.9. The van der Waals surface area contributed by atoms with Crippen LogP contribution < -0.4 is 26.4 Å². The van der Waals surface area contributed by atoms with Crippen LogP contribution >= 0.6 is 11.3 Å². The molecule has 1 aliphatic heterocycles. The summed E-state index contributed by atoms with van der Waals surface area (Å²) in [6.07, 6.45) is 2.97. The van der Waals surface area contributed by atoms with Gasteiger partial charge in [-0.2, -0.15) is 5.26 Å². The summed E-state index contributed by atoms with van der Waals surface area (Å²) in [7, 11) is 0. The first-order valence-corrected chi connectivity index (χ1v) is 10.3. The summed E-state index contributed by atoms with van der Waals surface area (Å²) in [4.78, 5) is 10.3. The van der Waals surface area contributed by atoms with Crippen molar-refractivity contribution in [2.75, 3.05) is 42.8 Å². The Labute approximate surface area is 184 Å². The Balaban J connectivity index is 1.58. The minimum absolute atomic E-state index is 0.0189. The van der Waals surface area contributed by atoms with Gasteiger partial charge in [-0.15, -0.1) is 16.3 Å². The van der Waals surface area contributed by atoms with Gasteiger partial charge in [0.15, 0.2) is 0 Å². The topological polar surface area (TPSA) is 180 Å². The molecule has 0 unspecified atom stereocenters. The van der Waals surface area contributed by atoms with E-state index in [1.807, 2.05) is 11.1 Å². The maximum absolute atomic E-state index is 12.9. The third-order valence-electron chi connectivity index (χ3n) is 4.91. The third-order valence-corrected chi connectivity index (χ3v) is 6.00. The number of nitrogens with zero attached hydrogens (tertiary/aromatic N) is 6. The van der Waals surface area contributed by atoms with Crippen LogP contribution in [0.1, 0.15) is 10.4 Å². The van der Waals surface area contributed by atoms with Crippen molar-refractivity contribution in [3.8, 4) is 17.4 Å². The van der Waals surface area contributed by atoms with Gasteiger partial charge in [-0.1, -0.05) is 0 Å². The molecule has 5 heterocycles. The van der Waals surface area contributed by atoms with Crippen molar-refractivity contribution in [3.63, 3.8) is 0 Å². The Morgan fingerprint density at radius 2 is 2.16 bits per heavy atom. The van der Waals surface area contributed by atoms with Gasteiger partial charge in [-0.05, 0) is 12.1 Å². The highest BCUT2D eigenvalue weighted by atomic mass is 32.1. The fraction of sp³-hybridized carbons (Fsp3) is 0.211. The van der Waals surface area contributed by atoms with Crippen molar-refractivity contribution in [1.29, 1.82) is 5.26 Å². The van der Waals surface area contributed by atoms with E-state index in [1.54, 1.807) is 12.1 Å². The molecule has 0 aromatic carbocycles. The first-order valence-electron chi connectivity index (χ1n) is 9.50. The highest BCUT2D eigenvalue weighted by molar-refractivity contribution is 7.21. The van der Waals surface area contributed by atoms with Crippen molar-refractivity contribution in [2.45, 2.75) is 0 Å². The lowest BCUT2D eigenvalue weighted by atomic mass is 10.0. The molecule has 0 spiro atoms. The summed E-state index contributed by atoms with van der Waals surface area (Å²) in [5.74, 6) is -0.193. The lowest BCUT2D eigenvalue weighted by molar-refractivity contribution is -0.759. The number of pyridine rings is 1. The molecule has 4 N–H and O–H groups in total. The number of thiophene rings is 1. The third kappa shape index (κ3) is 3.27. The molecule has 5 rings (SSSR count). The number of aromatic nitrogens is 3. The molecule has 13 heteroatoms.